The van der Waals surface area contributed by atoms with Crippen molar-refractivity contribution in [2.24, 2.45) is 0 Å². The first-order valence-corrected chi connectivity index (χ1v) is 7.15. The topological polar surface area (TPSA) is 49.3 Å². The van der Waals surface area contributed by atoms with Crippen molar-refractivity contribution in [3.63, 3.8) is 0 Å². The highest BCUT2D eigenvalue weighted by molar-refractivity contribution is 6.31. The van der Waals surface area contributed by atoms with Gasteiger partial charge in [0.25, 0.3) is 5.91 Å². The zero-order chi connectivity index (χ0) is 13.9. The Morgan fingerprint density at radius 2 is 2.05 bits per heavy atom. The van der Waals surface area contributed by atoms with Gasteiger partial charge in [-0.2, -0.15) is 0 Å². The summed E-state index contributed by atoms with van der Waals surface area (Å²) < 4.78 is 0. The van der Waals surface area contributed by atoms with E-state index in [4.69, 9.17) is 11.6 Å². The van der Waals surface area contributed by atoms with Crippen molar-refractivity contribution in [3.05, 3.63) is 34.3 Å². The zero-order valence-corrected chi connectivity index (χ0v) is 12.0. The number of nitrogens with one attached hydrogen (secondary N) is 1. The summed E-state index contributed by atoms with van der Waals surface area (Å²) in [5.74, 6) is -0.168. The Hall–Kier alpha value is -1.06. The van der Waals surface area contributed by atoms with Crippen LogP contribution in [-0.4, -0.2) is 23.2 Å². The molecule has 1 fully saturated rings. The smallest absolute Gasteiger partial charge is 0.251 e. The SMILES string of the molecule is Cc1c(Cl)cccc1C(=O)NCC1(O)CCCCC1. The Morgan fingerprint density at radius 3 is 2.74 bits per heavy atom. The predicted molar refractivity (Wildman–Crippen MR) is 76.6 cm³/mol. The fraction of sp³-hybridized carbons (Fsp3) is 0.533. The molecule has 0 spiro atoms. The third kappa shape index (κ3) is 3.48. The summed E-state index contributed by atoms with van der Waals surface area (Å²) in [6, 6.07) is 5.28. The van der Waals surface area contributed by atoms with Crippen LogP contribution >= 0.6 is 11.6 Å². The van der Waals surface area contributed by atoms with Gasteiger partial charge in [-0.15, -0.1) is 0 Å². The maximum Gasteiger partial charge on any atom is 0.251 e. The Morgan fingerprint density at radius 1 is 1.37 bits per heavy atom. The average molecular weight is 282 g/mol. The van der Waals surface area contributed by atoms with E-state index >= 15 is 0 Å². The van der Waals surface area contributed by atoms with Gasteiger partial charge in [0.2, 0.25) is 0 Å². The van der Waals surface area contributed by atoms with Crippen LogP contribution in [0.1, 0.15) is 48.0 Å². The van der Waals surface area contributed by atoms with Crippen molar-refractivity contribution in [3.8, 4) is 0 Å². The number of amides is 1. The van der Waals surface area contributed by atoms with E-state index in [1.165, 1.54) is 6.42 Å². The van der Waals surface area contributed by atoms with Gasteiger partial charge in [0, 0.05) is 17.1 Å². The minimum absolute atomic E-state index is 0.168. The highest BCUT2D eigenvalue weighted by Gasteiger charge is 2.29. The fourth-order valence-corrected chi connectivity index (χ4v) is 2.75. The number of rotatable bonds is 3. The summed E-state index contributed by atoms with van der Waals surface area (Å²) >= 11 is 6.00. The number of aliphatic hydroxyl groups is 1. The van der Waals surface area contributed by atoms with Gasteiger partial charge < -0.3 is 10.4 Å². The summed E-state index contributed by atoms with van der Waals surface area (Å²) in [5, 5.41) is 13.8. The van der Waals surface area contributed by atoms with E-state index in [-0.39, 0.29) is 5.91 Å². The molecule has 2 N–H and O–H groups in total. The number of hydrogen-bond acceptors (Lipinski definition) is 2. The molecular weight excluding hydrogens is 262 g/mol. The van der Waals surface area contributed by atoms with Crippen LogP contribution in [0.3, 0.4) is 0 Å². The molecule has 0 aromatic heterocycles. The number of carbonyl (C=O) groups is 1. The van der Waals surface area contributed by atoms with E-state index in [0.29, 0.717) is 17.1 Å². The molecule has 1 aromatic rings. The lowest BCUT2D eigenvalue weighted by atomic mass is 9.85. The Labute approximate surface area is 119 Å². The second kappa shape index (κ2) is 5.93. The van der Waals surface area contributed by atoms with E-state index < -0.39 is 5.60 Å². The van der Waals surface area contributed by atoms with Gasteiger partial charge in [0.15, 0.2) is 0 Å². The maximum absolute atomic E-state index is 12.1. The van der Waals surface area contributed by atoms with Crippen LogP contribution in [0, 0.1) is 6.92 Å². The van der Waals surface area contributed by atoms with E-state index in [1.54, 1.807) is 18.2 Å². The molecule has 1 saturated carbocycles. The number of benzene rings is 1. The van der Waals surface area contributed by atoms with Crippen molar-refractivity contribution < 1.29 is 9.90 Å². The van der Waals surface area contributed by atoms with Crippen molar-refractivity contribution in [1.29, 1.82) is 0 Å². The monoisotopic (exact) mass is 281 g/mol. The molecule has 0 radical (unpaired) electrons. The lowest BCUT2D eigenvalue weighted by Crippen LogP contribution is -2.44. The first kappa shape index (κ1) is 14.4. The van der Waals surface area contributed by atoms with Crippen LogP contribution in [-0.2, 0) is 0 Å². The van der Waals surface area contributed by atoms with Crippen LogP contribution in [0.2, 0.25) is 5.02 Å². The molecule has 0 aliphatic heterocycles. The molecule has 0 heterocycles. The highest BCUT2D eigenvalue weighted by atomic mass is 35.5. The van der Waals surface area contributed by atoms with Crippen LogP contribution in [0.25, 0.3) is 0 Å². The van der Waals surface area contributed by atoms with Crippen LogP contribution < -0.4 is 5.32 Å². The zero-order valence-electron chi connectivity index (χ0n) is 11.2. The third-order valence-electron chi connectivity index (χ3n) is 3.87. The third-order valence-corrected chi connectivity index (χ3v) is 4.28. The predicted octanol–water partition coefficient (Wildman–Crippen LogP) is 3.07. The van der Waals surface area contributed by atoms with Gasteiger partial charge in [0.1, 0.15) is 0 Å². The van der Waals surface area contributed by atoms with Crippen LogP contribution in [0.15, 0.2) is 18.2 Å². The molecule has 1 aromatic carbocycles. The largest absolute Gasteiger partial charge is 0.388 e. The minimum atomic E-state index is -0.736. The molecule has 1 aliphatic carbocycles. The molecule has 0 saturated heterocycles. The second-order valence-corrected chi connectivity index (χ2v) is 5.79. The molecule has 0 atom stereocenters. The van der Waals surface area contributed by atoms with Gasteiger partial charge in [-0.25, -0.2) is 0 Å². The average Bonchev–Trinajstić information content (AvgIpc) is 2.40. The second-order valence-electron chi connectivity index (χ2n) is 5.38. The number of hydrogen-bond donors (Lipinski definition) is 2. The lowest BCUT2D eigenvalue weighted by molar-refractivity contribution is 0.00525. The first-order chi connectivity index (χ1) is 9.02. The standard InChI is InChI=1S/C15H20ClNO2/c1-11-12(6-5-7-13(11)16)14(18)17-10-15(19)8-3-2-4-9-15/h5-7,19H,2-4,8-10H2,1H3,(H,17,18). The van der Waals surface area contributed by atoms with Gasteiger partial charge in [-0.05, 0) is 37.5 Å². The first-order valence-electron chi connectivity index (χ1n) is 6.77. The molecular formula is C15H20ClNO2. The number of carbonyl (C=O) groups excluding carboxylic acids is 1. The number of halogens is 1. The Kier molecular flexibility index (Phi) is 4.48. The minimum Gasteiger partial charge on any atom is -0.388 e. The quantitative estimate of drug-likeness (QED) is 0.894. The normalized spacial score (nSPS) is 18.1. The molecule has 19 heavy (non-hydrogen) atoms. The summed E-state index contributed by atoms with van der Waals surface area (Å²) in [7, 11) is 0. The molecule has 4 heteroatoms. The molecule has 1 aliphatic rings. The van der Waals surface area contributed by atoms with Crippen molar-refractivity contribution >= 4 is 17.5 Å². The van der Waals surface area contributed by atoms with Crippen molar-refractivity contribution in [2.75, 3.05) is 6.54 Å². The maximum atomic E-state index is 12.1. The Balaban J connectivity index is 1.99. The lowest BCUT2D eigenvalue weighted by Gasteiger charge is -2.32. The molecule has 1 amide bonds. The van der Waals surface area contributed by atoms with Gasteiger partial charge in [-0.1, -0.05) is 36.9 Å². The summed E-state index contributed by atoms with van der Waals surface area (Å²) in [5.41, 5.74) is 0.615. The van der Waals surface area contributed by atoms with Crippen molar-refractivity contribution in [2.45, 2.75) is 44.6 Å². The van der Waals surface area contributed by atoms with E-state index in [1.807, 2.05) is 6.92 Å². The van der Waals surface area contributed by atoms with E-state index in [0.717, 1.165) is 31.2 Å². The Bertz CT molecular complexity index is 467. The molecule has 104 valence electrons. The molecule has 0 unspecified atom stereocenters. The molecule has 2 rings (SSSR count). The van der Waals surface area contributed by atoms with Gasteiger partial charge in [0.05, 0.1) is 5.60 Å². The highest BCUT2D eigenvalue weighted by Crippen LogP contribution is 2.27. The summed E-state index contributed by atoms with van der Waals surface area (Å²) in [6.07, 6.45) is 4.76. The van der Waals surface area contributed by atoms with Crippen molar-refractivity contribution in [1.82, 2.24) is 5.32 Å². The molecule has 3 nitrogen and oxygen atoms in total. The van der Waals surface area contributed by atoms with Gasteiger partial charge in [-0.3, -0.25) is 4.79 Å². The summed E-state index contributed by atoms with van der Waals surface area (Å²) in [6.45, 7) is 2.14. The van der Waals surface area contributed by atoms with Gasteiger partial charge >= 0.3 is 0 Å². The van der Waals surface area contributed by atoms with Crippen LogP contribution in [0.5, 0.6) is 0 Å². The van der Waals surface area contributed by atoms with Crippen LogP contribution in [0.4, 0.5) is 0 Å². The van der Waals surface area contributed by atoms with E-state index in [2.05, 4.69) is 5.32 Å². The fourth-order valence-electron chi connectivity index (χ4n) is 2.58. The summed E-state index contributed by atoms with van der Waals surface area (Å²) in [4.78, 5) is 12.1. The van der Waals surface area contributed by atoms with E-state index in [9.17, 15) is 9.90 Å². The molecule has 0 bridgehead atoms.